The molecule has 0 heterocycles. The van der Waals surface area contributed by atoms with E-state index in [-0.39, 0.29) is 9.52 Å². The molecule has 0 spiro atoms. The van der Waals surface area contributed by atoms with Crippen LogP contribution in [0.1, 0.15) is 5.56 Å². The quantitative estimate of drug-likeness (QED) is 0.558. The fraction of sp³-hybridized carbons (Fsp3) is 0.385. The second-order valence-corrected chi connectivity index (χ2v) is 6.57. The normalized spacial score (nSPS) is 12.2. The molecule has 1 rings (SSSR count). The first kappa shape index (κ1) is 13.2. The van der Waals surface area contributed by atoms with Crippen LogP contribution in [0.25, 0.3) is 5.20 Å². The molecule has 0 aliphatic carbocycles. The first-order valence-electron chi connectivity index (χ1n) is 5.58. The van der Waals surface area contributed by atoms with Crippen molar-refractivity contribution in [2.75, 3.05) is 28.2 Å². The van der Waals surface area contributed by atoms with Crippen molar-refractivity contribution in [3.05, 3.63) is 42.5 Å². The van der Waals surface area contributed by atoms with Gasteiger partial charge in [0, 0.05) is 5.79 Å². The third kappa shape index (κ3) is 3.59. The number of hydrogen-bond donors (Lipinski definition) is 0. The van der Waals surface area contributed by atoms with Crippen LogP contribution in [0.2, 0.25) is 0 Å². The van der Waals surface area contributed by atoms with Gasteiger partial charge in [0.05, 0.1) is 9.52 Å². The number of rotatable bonds is 5. The zero-order chi connectivity index (χ0) is 12.1. The molecule has 0 N–H and O–H groups in total. The third-order valence-electron chi connectivity index (χ3n) is 2.80. The van der Waals surface area contributed by atoms with Gasteiger partial charge >= 0.3 is 0 Å². The topological polar surface area (TPSA) is 6.48 Å². The van der Waals surface area contributed by atoms with Crippen molar-refractivity contribution in [1.29, 1.82) is 0 Å². The molecule has 0 saturated heterocycles. The van der Waals surface area contributed by atoms with Gasteiger partial charge in [0.1, 0.15) is 0 Å². The van der Waals surface area contributed by atoms with Crippen molar-refractivity contribution in [1.82, 2.24) is 9.80 Å². The summed E-state index contributed by atoms with van der Waals surface area (Å²) in [5, 5.41) is 1.33. The Bertz CT molecular complexity index is 325. The van der Waals surface area contributed by atoms with Crippen LogP contribution in [0.4, 0.5) is 0 Å². The molecular formula is C13H22N2Si. The van der Waals surface area contributed by atoms with Crippen molar-refractivity contribution in [3.8, 4) is 0 Å². The van der Waals surface area contributed by atoms with Crippen LogP contribution < -0.4 is 0 Å². The van der Waals surface area contributed by atoms with Gasteiger partial charge in [0.15, 0.2) is 0 Å². The lowest BCUT2D eigenvalue weighted by Crippen LogP contribution is -2.45. The molecule has 0 bridgehead atoms. The molecule has 0 fully saturated rings. The Labute approximate surface area is 101 Å². The van der Waals surface area contributed by atoms with E-state index in [1.54, 1.807) is 0 Å². The van der Waals surface area contributed by atoms with Gasteiger partial charge in [-0.3, -0.25) is 9.80 Å². The SMILES string of the molecule is C=C([SiH2]C(N(C)C)N(C)C)c1ccccc1. The first-order chi connectivity index (χ1) is 7.52. The molecule has 88 valence electrons. The van der Waals surface area contributed by atoms with Gasteiger partial charge in [-0.25, -0.2) is 0 Å². The van der Waals surface area contributed by atoms with Gasteiger partial charge in [0.25, 0.3) is 0 Å². The minimum Gasteiger partial charge on any atom is -0.297 e. The summed E-state index contributed by atoms with van der Waals surface area (Å²) in [6.07, 6.45) is 0. The lowest BCUT2D eigenvalue weighted by atomic mass is 10.2. The molecule has 0 amide bonds. The zero-order valence-corrected chi connectivity index (χ0v) is 12.2. The highest BCUT2D eigenvalue weighted by atomic mass is 28.2. The number of hydrogen-bond acceptors (Lipinski definition) is 2. The highest BCUT2D eigenvalue weighted by Gasteiger charge is 2.16. The van der Waals surface area contributed by atoms with Crippen LogP contribution in [-0.2, 0) is 0 Å². The van der Waals surface area contributed by atoms with E-state index in [0.29, 0.717) is 5.79 Å². The van der Waals surface area contributed by atoms with Crippen molar-refractivity contribution >= 4 is 14.7 Å². The maximum atomic E-state index is 4.24. The summed E-state index contributed by atoms with van der Waals surface area (Å²) in [4.78, 5) is 4.56. The summed E-state index contributed by atoms with van der Waals surface area (Å²) in [6.45, 7) is 4.24. The maximum Gasteiger partial charge on any atom is 0.0922 e. The summed E-state index contributed by atoms with van der Waals surface area (Å²) in [5.41, 5.74) is 1.29. The van der Waals surface area contributed by atoms with Gasteiger partial charge in [0.2, 0.25) is 0 Å². The summed E-state index contributed by atoms with van der Waals surface area (Å²) in [7, 11) is 8.15. The van der Waals surface area contributed by atoms with E-state index in [9.17, 15) is 0 Å². The van der Waals surface area contributed by atoms with E-state index in [4.69, 9.17) is 0 Å². The third-order valence-corrected chi connectivity index (χ3v) is 5.53. The highest BCUT2D eigenvalue weighted by molar-refractivity contribution is 6.61. The van der Waals surface area contributed by atoms with Gasteiger partial charge < -0.3 is 0 Å². The monoisotopic (exact) mass is 234 g/mol. The van der Waals surface area contributed by atoms with E-state index in [0.717, 1.165) is 0 Å². The van der Waals surface area contributed by atoms with Crippen molar-refractivity contribution in [2.24, 2.45) is 0 Å². The minimum atomic E-state index is -0.386. The highest BCUT2D eigenvalue weighted by Crippen LogP contribution is 2.13. The van der Waals surface area contributed by atoms with Crippen LogP contribution in [-0.4, -0.2) is 53.3 Å². The second kappa shape index (κ2) is 5.99. The Morgan fingerprint density at radius 1 is 1.06 bits per heavy atom. The summed E-state index contributed by atoms with van der Waals surface area (Å²) in [6, 6.07) is 10.5. The molecule has 0 saturated carbocycles. The van der Waals surface area contributed by atoms with Crippen LogP contribution in [0.5, 0.6) is 0 Å². The van der Waals surface area contributed by atoms with E-state index in [1.807, 2.05) is 6.07 Å². The molecule has 1 aromatic rings. The van der Waals surface area contributed by atoms with Crippen LogP contribution >= 0.6 is 0 Å². The Balaban J connectivity index is 2.70. The van der Waals surface area contributed by atoms with Crippen LogP contribution in [0.15, 0.2) is 36.9 Å². The average molecular weight is 234 g/mol. The molecule has 0 unspecified atom stereocenters. The van der Waals surface area contributed by atoms with Gasteiger partial charge in [-0.2, -0.15) is 0 Å². The number of nitrogens with zero attached hydrogens (tertiary/aromatic N) is 2. The summed E-state index contributed by atoms with van der Waals surface area (Å²) in [5.74, 6) is 0.535. The smallest absolute Gasteiger partial charge is 0.0922 e. The molecule has 16 heavy (non-hydrogen) atoms. The zero-order valence-electron chi connectivity index (χ0n) is 10.8. The first-order valence-corrected chi connectivity index (χ1v) is 7.10. The van der Waals surface area contributed by atoms with Crippen LogP contribution in [0.3, 0.4) is 0 Å². The van der Waals surface area contributed by atoms with Crippen LogP contribution in [0, 0.1) is 0 Å². The van der Waals surface area contributed by atoms with E-state index in [2.05, 4.69) is 68.8 Å². The maximum absolute atomic E-state index is 4.24. The molecule has 3 heteroatoms. The fourth-order valence-electron chi connectivity index (χ4n) is 1.84. The largest absolute Gasteiger partial charge is 0.297 e. The van der Waals surface area contributed by atoms with Crippen molar-refractivity contribution in [3.63, 3.8) is 0 Å². The molecule has 0 aliphatic rings. The average Bonchev–Trinajstić information content (AvgIpc) is 2.25. The van der Waals surface area contributed by atoms with Crippen molar-refractivity contribution in [2.45, 2.75) is 5.79 Å². The van der Waals surface area contributed by atoms with Crippen molar-refractivity contribution < 1.29 is 0 Å². The minimum absolute atomic E-state index is 0.386. The Hall–Kier alpha value is -0.903. The van der Waals surface area contributed by atoms with E-state index in [1.165, 1.54) is 10.8 Å². The standard InChI is InChI=1S/C13H22N2Si/c1-11(12-9-7-6-8-10-12)16-13(14(2)3)15(4)5/h6-10,13H,1,16H2,2-5H3. The fourth-order valence-corrected chi connectivity index (χ4v) is 3.48. The summed E-state index contributed by atoms with van der Waals surface area (Å²) >= 11 is 0. The predicted molar refractivity (Wildman–Crippen MR) is 75.2 cm³/mol. The molecule has 1 aromatic carbocycles. The molecule has 0 atom stereocenters. The second-order valence-electron chi connectivity index (χ2n) is 4.58. The molecule has 0 radical (unpaired) electrons. The number of benzene rings is 1. The molecule has 0 aromatic heterocycles. The Morgan fingerprint density at radius 2 is 1.56 bits per heavy atom. The molecule has 0 aliphatic heterocycles. The molecular weight excluding hydrogens is 212 g/mol. The predicted octanol–water partition coefficient (Wildman–Crippen LogP) is 1.23. The van der Waals surface area contributed by atoms with Gasteiger partial charge in [-0.05, 0) is 33.8 Å². The Morgan fingerprint density at radius 3 is 2.00 bits per heavy atom. The van der Waals surface area contributed by atoms with E-state index < -0.39 is 0 Å². The lowest BCUT2D eigenvalue weighted by molar-refractivity contribution is 0.202. The molecule has 2 nitrogen and oxygen atoms in total. The van der Waals surface area contributed by atoms with E-state index >= 15 is 0 Å². The Kier molecular flexibility index (Phi) is 4.93. The lowest BCUT2D eigenvalue weighted by Gasteiger charge is -2.31. The van der Waals surface area contributed by atoms with Gasteiger partial charge in [-0.1, -0.05) is 42.1 Å². The van der Waals surface area contributed by atoms with Gasteiger partial charge in [-0.15, -0.1) is 0 Å². The summed E-state index contributed by atoms with van der Waals surface area (Å²) < 4.78 is 0.